The van der Waals surface area contributed by atoms with Crippen molar-refractivity contribution in [2.24, 2.45) is 0 Å². The van der Waals surface area contributed by atoms with Gasteiger partial charge in [-0.2, -0.15) is 0 Å². The van der Waals surface area contributed by atoms with Crippen molar-refractivity contribution in [3.05, 3.63) is 65.2 Å². The van der Waals surface area contributed by atoms with Crippen molar-refractivity contribution in [3.8, 4) is 0 Å². The van der Waals surface area contributed by atoms with E-state index in [9.17, 15) is 13.2 Å². The summed E-state index contributed by atoms with van der Waals surface area (Å²) in [6.07, 6.45) is 2.06. The summed E-state index contributed by atoms with van der Waals surface area (Å²) in [5.74, 6) is -0.201. The Morgan fingerprint density at radius 1 is 1.04 bits per heavy atom. The summed E-state index contributed by atoms with van der Waals surface area (Å²) in [5.41, 5.74) is 3.20. The molecule has 0 heterocycles. The smallest absolute Gasteiger partial charge is 0.251 e. The Hall–Kier alpha value is -2.34. The van der Waals surface area contributed by atoms with E-state index in [0.29, 0.717) is 11.3 Å². The number of hydrogen-bond acceptors (Lipinski definition) is 3. The fourth-order valence-electron chi connectivity index (χ4n) is 2.31. The highest BCUT2D eigenvalue weighted by atomic mass is 32.2. The van der Waals surface area contributed by atoms with Gasteiger partial charge >= 0.3 is 0 Å². The minimum Gasteiger partial charge on any atom is -0.346 e. The molecule has 0 saturated carbocycles. The van der Waals surface area contributed by atoms with E-state index in [0.717, 1.165) is 18.2 Å². The molecule has 24 heavy (non-hydrogen) atoms. The van der Waals surface area contributed by atoms with E-state index in [4.69, 9.17) is 0 Å². The van der Waals surface area contributed by atoms with Crippen LogP contribution in [0, 0.1) is 0 Å². The molecule has 0 bridgehead atoms. The Morgan fingerprint density at radius 3 is 2.12 bits per heavy atom. The van der Waals surface area contributed by atoms with Crippen LogP contribution in [0.5, 0.6) is 0 Å². The Morgan fingerprint density at radius 2 is 1.62 bits per heavy atom. The van der Waals surface area contributed by atoms with E-state index < -0.39 is 10.0 Å². The Kier molecular flexibility index (Phi) is 5.62. The maximum atomic E-state index is 12.3. The van der Waals surface area contributed by atoms with Gasteiger partial charge in [-0.25, -0.2) is 8.42 Å². The van der Waals surface area contributed by atoms with Crippen molar-refractivity contribution in [1.82, 2.24) is 5.32 Å². The lowest BCUT2D eigenvalue weighted by molar-refractivity contribution is 0.0940. The van der Waals surface area contributed by atoms with Crippen molar-refractivity contribution in [2.45, 2.75) is 26.3 Å². The predicted molar refractivity (Wildman–Crippen MR) is 96.6 cm³/mol. The first-order valence-electron chi connectivity index (χ1n) is 7.76. The number of hydrogen-bond donors (Lipinski definition) is 2. The van der Waals surface area contributed by atoms with Crippen LogP contribution in [0.15, 0.2) is 48.5 Å². The molecule has 0 unspecified atom stereocenters. The predicted octanol–water partition coefficient (Wildman–Crippen LogP) is 3.11. The second kappa shape index (κ2) is 7.49. The summed E-state index contributed by atoms with van der Waals surface area (Å²) in [4.78, 5) is 12.3. The number of carbonyl (C=O) groups is 1. The zero-order chi connectivity index (χ0) is 17.7. The van der Waals surface area contributed by atoms with E-state index in [2.05, 4.69) is 29.1 Å². The zero-order valence-electron chi connectivity index (χ0n) is 14.0. The fraction of sp³-hybridized carbons (Fsp3) is 0.278. The van der Waals surface area contributed by atoms with Crippen LogP contribution in [0.4, 0.5) is 5.69 Å². The second-order valence-corrected chi connectivity index (χ2v) is 7.49. The number of carbonyl (C=O) groups excluding carboxylic acids is 1. The van der Waals surface area contributed by atoms with Crippen LogP contribution in [-0.2, 0) is 16.4 Å². The molecular weight excluding hydrogens is 324 g/mol. The summed E-state index contributed by atoms with van der Waals surface area (Å²) < 4.78 is 24.7. The van der Waals surface area contributed by atoms with Gasteiger partial charge in [-0.15, -0.1) is 0 Å². The van der Waals surface area contributed by atoms with Gasteiger partial charge in [0.25, 0.3) is 5.91 Å². The Balaban J connectivity index is 2.03. The maximum absolute atomic E-state index is 12.3. The van der Waals surface area contributed by atoms with Crippen LogP contribution in [0.2, 0.25) is 0 Å². The van der Waals surface area contributed by atoms with Crippen molar-refractivity contribution < 1.29 is 13.2 Å². The van der Waals surface area contributed by atoms with Crippen LogP contribution < -0.4 is 10.0 Å². The fourth-order valence-corrected chi connectivity index (χ4v) is 2.87. The number of amides is 1. The molecule has 6 heteroatoms. The molecule has 0 aromatic heterocycles. The number of rotatable bonds is 6. The topological polar surface area (TPSA) is 75.3 Å². The van der Waals surface area contributed by atoms with E-state index in [-0.39, 0.29) is 11.9 Å². The summed E-state index contributed by atoms with van der Waals surface area (Å²) in [6, 6.07) is 14.4. The Bertz CT molecular complexity index is 797. The molecular formula is C18H22N2O3S. The van der Waals surface area contributed by atoms with E-state index in [1.54, 1.807) is 24.3 Å². The normalized spacial score (nSPS) is 12.5. The molecule has 0 aliphatic carbocycles. The summed E-state index contributed by atoms with van der Waals surface area (Å²) in [7, 11) is -3.32. The number of sulfonamides is 1. The molecule has 2 N–H and O–H groups in total. The van der Waals surface area contributed by atoms with Gasteiger partial charge in [-0.3, -0.25) is 9.52 Å². The zero-order valence-corrected chi connectivity index (χ0v) is 14.9. The van der Waals surface area contributed by atoms with Crippen molar-refractivity contribution in [3.63, 3.8) is 0 Å². The molecule has 0 aliphatic rings. The monoisotopic (exact) mass is 346 g/mol. The lowest BCUT2D eigenvalue weighted by Crippen LogP contribution is -2.26. The first-order chi connectivity index (χ1) is 11.3. The van der Waals surface area contributed by atoms with Crippen molar-refractivity contribution in [2.75, 3.05) is 11.0 Å². The molecule has 0 aliphatic heterocycles. The average molecular weight is 346 g/mol. The molecule has 1 atom stereocenters. The Labute approximate surface area is 143 Å². The van der Waals surface area contributed by atoms with Gasteiger partial charge in [0.05, 0.1) is 12.3 Å². The maximum Gasteiger partial charge on any atom is 0.251 e. The number of anilines is 1. The third kappa shape index (κ3) is 5.09. The van der Waals surface area contributed by atoms with E-state index in [1.807, 2.05) is 19.1 Å². The lowest BCUT2D eigenvalue weighted by atomic mass is 10.0. The molecule has 0 fully saturated rings. The largest absolute Gasteiger partial charge is 0.346 e. The SMILES string of the molecule is CCc1ccc([C@H](C)NC(=O)c2ccc(NS(C)(=O)=O)cc2)cc1. The quantitative estimate of drug-likeness (QED) is 0.844. The highest BCUT2D eigenvalue weighted by molar-refractivity contribution is 7.92. The molecule has 2 aromatic rings. The number of aryl methyl sites for hydroxylation is 1. The van der Waals surface area contributed by atoms with Gasteiger partial charge in [-0.1, -0.05) is 31.2 Å². The lowest BCUT2D eigenvalue weighted by Gasteiger charge is -2.15. The minimum absolute atomic E-state index is 0.114. The van der Waals surface area contributed by atoms with Crippen LogP contribution in [0.3, 0.4) is 0 Å². The average Bonchev–Trinajstić information content (AvgIpc) is 2.54. The molecule has 2 aromatic carbocycles. The van der Waals surface area contributed by atoms with Crippen LogP contribution in [-0.4, -0.2) is 20.6 Å². The molecule has 2 rings (SSSR count). The van der Waals surface area contributed by atoms with Gasteiger partial charge < -0.3 is 5.32 Å². The number of benzene rings is 2. The second-order valence-electron chi connectivity index (χ2n) is 5.74. The van der Waals surface area contributed by atoms with Gasteiger partial charge in [-0.05, 0) is 48.7 Å². The van der Waals surface area contributed by atoms with E-state index >= 15 is 0 Å². The van der Waals surface area contributed by atoms with Crippen LogP contribution in [0.25, 0.3) is 0 Å². The highest BCUT2D eigenvalue weighted by Gasteiger charge is 2.12. The molecule has 0 radical (unpaired) electrons. The third-order valence-corrected chi connectivity index (χ3v) is 4.29. The molecule has 5 nitrogen and oxygen atoms in total. The molecule has 1 amide bonds. The highest BCUT2D eigenvalue weighted by Crippen LogP contribution is 2.16. The van der Waals surface area contributed by atoms with Crippen molar-refractivity contribution in [1.29, 1.82) is 0 Å². The van der Waals surface area contributed by atoms with Gasteiger partial charge in [0, 0.05) is 11.3 Å². The molecule has 128 valence electrons. The summed E-state index contributed by atoms with van der Waals surface area (Å²) in [6.45, 7) is 4.03. The van der Waals surface area contributed by atoms with Crippen molar-refractivity contribution >= 4 is 21.6 Å². The third-order valence-electron chi connectivity index (χ3n) is 3.69. The van der Waals surface area contributed by atoms with Crippen LogP contribution in [0.1, 0.15) is 41.4 Å². The first kappa shape index (κ1) is 18.0. The van der Waals surface area contributed by atoms with E-state index in [1.165, 1.54) is 5.56 Å². The van der Waals surface area contributed by atoms with Gasteiger partial charge in [0.1, 0.15) is 0 Å². The van der Waals surface area contributed by atoms with Gasteiger partial charge in [0.15, 0.2) is 0 Å². The minimum atomic E-state index is -3.32. The van der Waals surface area contributed by atoms with Gasteiger partial charge in [0.2, 0.25) is 10.0 Å². The summed E-state index contributed by atoms with van der Waals surface area (Å²) in [5, 5.41) is 2.94. The number of nitrogens with one attached hydrogen (secondary N) is 2. The first-order valence-corrected chi connectivity index (χ1v) is 9.65. The molecule has 0 saturated heterocycles. The molecule has 0 spiro atoms. The van der Waals surface area contributed by atoms with Crippen LogP contribution >= 0.6 is 0 Å². The standard InChI is InChI=1S/C18H22N2O3S/c1-4-14-5-7-15(8-6-14)13(2)19-18(21)16-9-11-17(12-10-16)20-24(3,22)23/h5-13,20H,4H2,1-3H3,(H,19,21)/t13-/m0/s1. The summed E-state index contributed by atoms with van der Waals surface area (Å²) >= 11 is 0.